The van der Waals surface area contributed by atoms with E-state index < -0.39 is 29.5 Å². The van der Waals surface area contributed by atoms with Crippen molar-refractivity contribution in [2.24, 2.45) is 0 Å². The number of carbonyl (C=O) groups excluding carboxylic acids is 2. The Labute approximate surface area is 227 Å². The van der Waals surface area contributed by atoms with Gasteiger partial charge >= 0.3 is 12.0 Å². The first-order chi connectivity index (χ1) is 18.6. The number of carbonyl (C=O) groups is 3. The van der Waals surface area contributed by atoms with E-state index in [2.05, 4.69) is 25.9 Å². The number of urea groups is 1. The quantitative estimate of drug-likeness (QED) is 0.192. The molecule has 0 aliphatic heterocycles. The maximum Gasteiger partial charge on any atom is 0.321 e. The lowest BCUT2D eigenvalue weighted by atomic mass is 10.1. The Morgan fingerprint density at radius 2 is 1.90 bits per heavy atom. The van der Waals surface area contributed by atoms with E-state index in [4.69, 9.17) is 15.6 Å². The summed E-state index contributed by atoms with van der Waals surface area (Å²) in [7, 11) is 1.45. The molecule has 0 saturated heterocycles. The molecule has 0 fully saturated rings. The minimum Gasteiger partial charge on any atom is -0.497 e. The zero-order chi connectivity index (χ0) is 28.1. The van der Waals surface area contributed by atoms with Crippen LogP contribution in [0, 0.1) is 11.6 Å². The molecule has 0 radical (unpaired) electrons. The molecule has 0 bridgehead atoms. The van der Waals surface area contributed by atoms with E-state index in [-0.39, 0.29) is 46.4 Å². The summed E-state index contributed by atoms with van der Waals surface area (Å²) in [5.41, 5.74) is 6.06. The SMILES string of the molecule is COc1cccc(C(=O)Nc2cc(-c3csc(-c4sc(NC(=O)NCCC(=O)O)nc4N)n3)c(F)cc2F)c1. The Morgan fingerprint density at radius 1 is 1.10 bits per heavy atom. The zero-order valence-corrected chi connectivity index (χ0v) is 21.7. The lowest BCUT2D eigenvalue weighted by Gasteiger charge is -2.10. The van der Waals surface area contributed by atoms with Gasteiger partial charge in [0.15, 0.2) is 5.13 Å². The lowest BCUT2D eigenvalue weighted by Crippen LogP contribution is -2.30. The van der Waals surface area contributed by atoms with Crippen LogP contribution in [-0.2, 0) is 4.79 Å². The van der Waals surface area contributed by atoms with Crippen molar-refractivity contribution < 1.29 is 33.0 Å². The highest BCUT2D eigenvalue weighted by Crippen LogP contribution is 2.39. The number of ether oxygens (including phenoxy) is 1. The first kappa shape index (κ1) is 27.4. The molecule has 0 atom stereocenters. The number of aromatic nitrogens is 2. The Bertz CT molecular complexity index is 1560. The second-order valence-corrected chi connectivity index (χ2v) is 9.65. The number of methoxy groups -OCH3 is 1. The number of nitrogens with two attached hydrogens (primary N) is 1. The lowest BCUT2D eigenvalue weighted by molar-refractivity contribution is -0.136. The summed E-state index contributed by atoms with van der Waals surface area (Å²) in [6, 6.07) is 7.40. The number of thiazole rings is 2. The Balaban J connectivity index is 1.53. The third-order valence-corrected chi connectivity index (χ3v) is 7.09. The van der Waals surface area contributed by atoms with E-state index in [0.29, 0.717) is 21.7 Å². The van der Waals surface area contributed by atoms with Crippen LogP contribution in [0.15, 0.2) is 41.8 Å². The monoisotopic (exact) mass is 574 g/mol. The average Bonchev–Trinajstić information content (AvgIpc) is 3.51. The zero-order valence-electron chi connectivity index (χ0n) is 20.1. The van der Waals surface area contributed by atoms with Gasteiger partial charge in [0.2, 0.25) is 0 Å². The fourth-order valence-electron chi connectivity index (χ4n) is 3.26. The van der Waals surface area contributed by atoms with Crippen molar-refractivity contribution in [1.82, 2.24) is 15.3 Å². The van der Waals surface area contributed by atoms with Crippen molar-refractivity contribution in [3.63, 3.8) is 0 Å². The first-order valence-corrected chi connectivity index (χ1v) is 12.8. The molecule has 2 heterocycles. The van der Waals surface area contributed by atoms with Gasteiger partial charge in [-0.05, 0) is 24.3 Å². The number of hydrogen-bond donors (Lipinski definition) is 5. The van der Waals surface area contributed by atoms with E-state index >= 15 is 0 Å². The van der Waals surface area contributed by atoms with E-state index in [0.717, 1.165) is 28.7 Å². The molecule has 202 valence electrons. The molecular formula is C24H20F2N6O5S2. The minimum atomic E-state index is -1.06. The van der Waals surface area contributed by atoms with Crippen LogP contribution >= 0.6 is 22.7 Å². The van der Waals surface area contributed by atoms with Crippen LogP contribution in [-0.4, -0.2) is 46.6 Å². The van der Waals surface area contributed by atoms with Gasteiger partial charge in [-0.2, -0.15) is 0 Å². The second-order valence-electron chi connectivity index (χ2n) is 7.79. The molecule has 15 heteroatoms. The van der Waals surface area contributed by atoms with E-state index in [1.54, 1.807) is 12.1 Å². The van der Waals surface area contributed by atoms with Crippen molar-refractivity contribution in [3.05, 3.63) is 59.0 Å². The normalized spacial score (nSPS) is 10.6. The van der Waals surface area contributed by atoms with Crippen molar-refractivity contribution in [2.75, 3.05) is 30.0 Å². The van der Waals surface area contributed by atoms with Crippen LogP contribution in [0.25, 0.3) is 21.1 Å². The average molecular weight is 575 g/mol. The van der Waals surface area contributed by atoms with Gasteiger partial charge in [-0.15, -0.1) is 11.3 Å². The van der Waals surface area contributed by atoms with Crippen molar-refractivity contribution in [3.8, 4) is 26.9 Å². The van der Waals surface area contributed by atoms with Crippen molar-refractivity contribution in [2.45, 2.75) is 6.42 Å². The van der Waals surface area contributed by atoms with E-state index in [9.17, 15) is 23.2 Å². The number of benzene rings is 2. The third kappa shape index (κ3) is 6.63. The van der Waals surface area contributed by atoms with Crippen LogP contribution in [0.5, 0.6) is 5.75 Å². The number of hydrogen-bond acceptors (Lipinski definition) is 9. The van der Waals surface area contributed by atoms with Crippen molar-refractivity contribution in [1.29, 1.82) is 0 Å². The number of halogens is 2. The Morgan fingerprint density at radius 3 is 2.64 bits per heavy atom. The molecule has 6 N–H and O–H groups in total. The van der Waals surface area contributed by atoms with Crippen LogP contribution in [0.2, 0.25) is 0 Å². The van der Waals surface area contributed by atoms with Gasteiger partial charge in [-0.3, -0.25) is 14.9 Å². The number of nitrogens with zero attached hydrogens (tertiary/aromatic N) is 2. The van der Waals surface area contributed by atoms with E-state index in [1.165, 1.54) is 24.6 Å². The van der Waals surface area contributed by atoms with Crippen LogP contribution in [0.3, 0.4) is 0 Å². The number of carboxylic acid groups (broad SMARTS) is 1. The van der Waals surface area contributed by atoms with Gasteiger partial charge < -0.3 is 26.2 Å². The smallest absolute Gasteiger partial charge is 0.321 e. The minimum absolute atomic E-state index is 0.0564. The topological polar surface area (TPSA) is 169 Å². The van der Waals surface area contributed by atoms with Gasteiger partial charge in [-0.1, -0.05) is 17.4 Å². The number of rotatable bonds is 9. The van der Waals surface area contributed by atoms with Gasteiger partial charge in [0.1, 0.15) is 33.1 Å². The molecule has 39 heavy (non-hydrogen) atoms. The molecule has 4 aromatic rings. The second kappa shape index (κ2) is 11.8. The maximum atomic E-state index is 14.7. The molecule has 4 rings (SSSR count). The molecular weight excluding hydrogens is 554 g/mol. The summed E-state index contributed by atoms with van der Waals surface area (Å²) >= 11 is 2.13. The van der Waals surface area contributed by atoms with Crippen LogP contribution in [0.1, 0.15) is 16.8 Å². The predicted octanol–water partition coefficient (Wildman–Crippen LogP) is 4.65. The molecule has 0 aliphatic carbocycles. The number of amides is 3. The van der Waals surface area contributed by atoms with Crippen LogP contribution in [0.4, 0.5) is 30.2 Å². The summed E-state index contributed by atoms with van der Waals surface area (Å²) in [4.78, 5) is 44.0. The number of carboxylic acids is 1. The summed E-state index contributed by atoms with van der Waals surface area (Å²) in [5, 5.41) is 18.0. The predicted molar refractivity (Wildman–Crippen MR) is 143 cm³/mol. The largest absolute Gasteiger partial charge is 0.497 e. The highest BCUT2D eigenvalue weighted by atomic mass is 32.1. The standard InChI is InChI=1S/C24H20F2N6O5S2/c1-37-12-4-2-3-11(7-12)21(35)29-16-8-13(14(25)9-15(16)26)17-10-38-22(30-17)19-20(27)31-24(39-19)32-23(36)28-6-5-18(33)34/h2-4,7-10H,5-6,27H2,1H3,(H,29,35)(H,33,34)(H2,28,31,32,36). The molecule has 0 unspecified atom stereocenters. The first-order valence-electron chi connectivity index (χ1n) is 11.1. The number of nitrogens with one attached hydrogen (secondary N) is 3. The summed E-state index contributed by atoms with van der Waals surface area (Å²) in [6.45, 7) is -0.0735. The van der Waals surface area contributed by atoms with Gasteiger partial charge in [0.05, 0.1) is 24.9 Å². The molecule has 3 amide bonds. The molecule has 0 saturated carbocycles. The highest BCUT2D eigenvalue weighted by molar-refractivity contribution is 7.23. The van der Waals surface area contributed by atoms with Gasteiger partial charge in [-0.25, -0.2) is 23.5 Å². The summed E-state index contributed by atoms with van der Waals surface area (Å²) < 4.78 is 34.4. The number of anilines is 3. The molecule has 0 aliphatic rings. The summed E-state index contributed by atoms with van der Waals surface area (Å²) in [6.07, 6.45) is -0.243. The summed E-state index contributed by atoms with van der Waals surface area (Å²) in [5.74, 6) is -3.02. The van der Waals surface area contributed by atoms with E-state index in [1.807, 2.05) is 0 Å². The Kier molecular flexibility index (Phi) is 8.31. The molecule has 2 aromatic heterocycles. The fraction of sp³-hybridized carbons (Fsp3) is 0.125. The fourth-order valence-corrected chi connectivity index (χ4v) is 5.06. The number of nitrogen functional groups attached to an aromatic ring is 1. The van der Waals surface area contributed by atoms with Gasteiger partial charge in [0, 0.05) is 29.1 Å². The highest BCUT2D eigenvalue weighted by Gasteiger charge is 2.20. The number of aliphatic carboxylic acids is 1. The molecule has 0 spiro atoms. The van der Waals surface area contributed by atoms with Crippen molar-refractivity contribution >= 4 is 57.2 Å². The molecule has 2 aromatic carbocycles. The van der Waals surface area contributed by atoms with Crippen LogP contribution < -0.4 is 26.4 Å². The maximum absolute atomic E-state index is 14.7. The molecule has 11 nitrogen and oxygen atoms in total. The Hall–Kier alpha value is -4.63. The van der Waals surface area contributed by atoms with Gasteiger partial charge in [0.25, 0.3) is 5.91 Å². The third-order valence-electron chi connectivity index (χ3n) is 5.11.